The summed E-state index contributed by atoms with van der Waals surface area (Å²) in [7, 11) is 0. The minimum atomic E-state index is -2.57. The van der Waals surface area contributed by atoms with Gasteiger partial charge in [-0.2, -0.15) is 18.2 Å². The number of nitrogens with zero attached hydrogens (tertiary/aromatic N) is 3. The van der Waals surface area contributed by atoms with Crippen LogP contribution >= 0.6 is 0 Å². The number of pyridine rings is 1. The predicted molar refractivity (Wildman–Crippen MR) is 337 cm³/mol. The molecule has 0 bridgehead atoms. The van der Waals surface area contributed by atoms with Gasteiger partial charge in [0.25, 0.3) is 0 Å². The van der Waals surface area contributed by atoms with Gasteiger partial charge in [-0.15, -0.1) is 47.7 Å². The number of benzene rings is 8. The summed E-state index contributed by atoms with van der Waals surface area (Å²) in [5.74, 6) is 0.761. The molecule has 1 aromatic heterocycles. The van der Waals surface area contributed by atoms with E-state index in [1.807, 2.05) is 77.1 Å². The Morgan fingerprint density at radius 2 is 1.25 bits per heavy atom. The van der Waals surface area contributed by atoms with Crippen LogP contribution in [-0.4, -0.2) is 4.98 Å². The minimum absolute atomic E-state index is 0. The molecule has 0 radical (unpaired) electrons. The predicted octanol–water partition coefficient (Wildman–Crippen LogP) is 20.8. The average molecular weight is 1260 g/mol. The molecule has 8 aromatic carbocycles. The molecule has 6 heteroatoms. The van der Waals surface area contributed by atoms with Crippen LogP contribution in [0.5, 0.6) is 11.5 Å². The van der Waals surface area contributed by atoms with Crippen molar-refractivity contribution in [2.45, 2.75) is 137 Å². The molecule has 0 atom stereocenters. The van der Waals surface area contributed by atoms with Crippen molar-refractivity contribution >= 4 is 34.3 Å². The summed E-state index contributed by atoms with van der Waals surface area (Å²) in [6, 6.07) is 39.9. The fourth-order valence-corrected chi connectivity index (χ4v) is 11.0. The molecule has 1 aliphatic heterocycles. The van der Waals surface area contributed by atoms with Crippen LogP contribution in [0.4, 0.5) is 34.3 Å². The van der Waals surface area contributed by atoms with Gasteiger partial charge >= 0.3 is 0 Å². The summed E-state index contributed by atoms with van der Waals surface area (Å²) in [6.45, 7) is 27.6. The van der Waals surface area contributed by atoms with Crippen LogP contribution in [0.15, 0.2) is 176 Å². The molecule has 9 aromatic rings. The zero-order valence-electron chi connectivity index (χ0n) is 60.6. The molecule has 416 valence electrons. The van der Waals surface area contributed by atoms with Crippen LogP contribution in [0, 0.1) is 25.7 Å². The first-order valence-electron chi connectivity index (χ1n) is 33.6. The van der Waals surface area contributed by atoms with Gasteiger partial charge in [-0.25, -0.2) is 4.98 Å². The van der Waals surface area contributed by atoms with Crippen molar-refractivity contribution in [1.29, 1.82) is 0 Å². The smallest absolute Gasteiger partial charge is 0.130 e. The number of anilines is 6. The summed E-state index contributed by atoms with van der Waals surface area (Å²) in [4.78, 5) is 8.71. The van der Waals surface area contributed by atoms with E-state index in [1.54, 1.807) is 18.2 Å². The van der Waals surface area contributed by atoms with Crippen molar-refractivity contribution in [1.82, 2.24) is 4.98 Å². The topological polar surface area (TPSA) is 40.6 Å². The summed E-state index contributed by atoms with van der Waals surface area (Å²) in [5.41, 5.74) is 11.0. The summed E-state index contributed by atoms with van der Waals surface area (Å²) in [6.07, 6.45) is 3.53. The second-order valence-electron chi connectivity index (χ2n) is 25.7. The van der Waals surface area contributed by atoms with E-state index in [-0.39, 0.29) is 101 Å². The standard InChI is InChI=1S/C75H77N4O.Pt/c1-49-41-69(76-47-61(49)52-33-37-62-64(44-52)75(13,14)40-39-74(62,11)12)77-65-28-19-18-25-58(65)51-31-35-57(36-32-51)80-68-46-56(34-38-63(68)73(8,9)10)78-48-79(67-30-21-20-29-66(67)78)70-59(50-23-16-15-17-24-50)26-22-27-60(70)53-42-54(71(2,3)4)45-55(43-53)72(5,6)7;/h15-35,37-38,41-45,47-48H,39-40H2,1-14H3,(H,76,77);/q-3;/i1D3,15D,16D,17D,18D,19D,23D,24D,25D,28D;. The van der Waals surface area contributed by atoms with E-state index >= 15 is 0 Å². The number of hydrogen-bond acceptors (Lipinski definition) is 5. The van der Waals surface area contributed by atoms with Gasteiger partial charge in [-0.1, -0.05) is 216 Å². The second kappa shape index (κ2) is 21.6. The maximum Gasteiger partial charge on any atom is 0.130 e. The van der Waals surface area contributed by atoms with Crippen molar-refractivity contribution in [2.24, 2.45) is 0 Å². The van der Waals surface area contributed by atoms with Gasteiger partial charge in [0, 0.05) is 82.3 Å². The molecule has 0 unspecified atom stereocenters. The Kier molecular flexibility index (Phi) is 11.6. The number of rotatable bonds is 10. The second-order valence-corrected chi connectivity index (χ2v) is 25.7. The fraction of sp³-hybridized carbons (Fsp3) is 0.280. The molecular formula is C75H77N4OPt-3. The molecule has 0 fully saturated rings. The van der Waals surface area contributed by atoms with Crippen molar-refractivity contribution in [3.8, 4) is 56.0 Å². The Bertz CT molecular complexity index is 4380. The molecule has 0 spiro atoms. The van der Waals surface area contributed by atoms with Crippen LogP contribution in [0.3, 0.4) is 0 Å². The van der Waals surface area contributed by atoms with E-state index in [9.17, 15) is 5.48 Å². The zero-order valence-corrected chi connectivity index (χ0v) is 50.9. The van der Waals surface area contributed by atoms with Crippen molar-refractivity contribution < 1.29 is 42.3 Å². The molecule has 0 saturated carbocycles. The SMILES string of the molecule is [2H]c1c([2H])c([2H])c(-c2cccc(-c3cc(C(C)(C)C)cc(C(C)(C)C)c3)c2N2[CH-]N(c3[c-]c(Oc4[c-]cc(-c5c([2H])c([2H])c([2H])c([2H])c5Nc5cc(C([2H])([2H])[2H])c(-c6ccc7c(c6)C(C)(C)CCC7(C)C)cn5)cc4)c(C(C)(C)C)cc3)c3ccccc32)c([2H])c1[2H].[Pt]. The van der Waals surface area contributed by atoms with Gasteiger partial charge in [0.15, 0.2) is 0 Å². The number of nitrogens with one attached hydrogen (secondary N) is 1. The quantitative estimate of drug-likeness (QED) is 0.138. The van der Waals surface area contributed by atoms with Crippen LogP contribution < -0.4 is 19.9 Å². The third kappa shape index (κ3) is 11.4. The summed E-state index contributed by atoms with van der Waals surface area (Å²) in [5, 5.41) is 3.12. The van der Waals surface area contributed by atoms with Crippen molar-refractivity contribution in [3.63, 3.8) is 0 Å². The maximum atomic E-state index is 9.30. The van der Waals surface area contributed by atoms with Crippen molar-refractivity contribution in [2.75, 3.05) is 15.1 Å². The molecule has 11 rings (SSSR count). The number of fused-ring (bicyclic) bond motifs is 2. The van der Waals surface area contributed by atoms with E-state index in [0.717, 1.165) is 57.6 Å². The van der Waals surface area contributed by atoms with Crippen molar-refractivity contribution in [3.05, 3.63) is 228 Å². The van der Waals surface area contributed by atoms with E-state index < -0.39 is 42.5 Å². The Balaban J connectivity index is 0.00000946. The number of para-hydroxylation sites is 4. The van der Waals surface area contributed by atoms with E-state index in [4.69, 9.17) is 20.7 Å². The molecule has 81 heavy (non-hydrogen) atoms. The zero-order chi connectivity index (χ0) is 66.9. The van der Waals surface area contributed by atoms with Crippen LogP contribution in [0.2, 0.25) is 0 Å². The molecule has 2 heterocycles. The van der Waals surface area contributed by atoms with Gasteiger partial charge in [-0.05, 0) is 110 Å². The molecular weight excluding hydrogens is 1170 g/mol. The first-order valence-corrected chi connectivity index (χ1v) is 27.6. The first-order chi connectivity index (χ1) is 42.9. The van der Waals surface area contributed by atoms with Gasteiger partial charge in [0.2, 0.25) is 0 Å². The summed E-state index contributed by atoms with van der Waals surface area (Å²) >= 11 is 0. The largest absolute Gasteiger partial charge is 0.509 e. The Morgan fingerprint density at radius 3 is 1.90 bits per heavy atom. The van der Waals surface area contributed by atoms with E-state index in [1.165, 1.54) is 23.4 Å². The Labute approximate surface area is 515 Å². The van der Waals surface area contributed by atoms with Gasteiger partial charge in [-0.3, -0.25) is 0 Å². The fourth-order valence-electron chi connectivity index (χ4n) is 11.0. The van der Waals surface area contributed by atoms with Crippen LogP contribution in [0.25, 0.3) is 44.5 Å². The summed E-state index contributed by atoms with van der Waals surface area (Å²) < 4.78 is 114. The normalized spacial score (nSPS) is 17.0. The third-order valence-corrected chi connectivity index (χ3v) is 15.9. The number of aryl methyl sites for hydroxylation is 1. The molecule has 0 saturated heterocycles. The molecule has 0 amide bonds. The van der Waals surface area contributed by atoms with Gasteiger partial charge in [0.05, 0.1) is 12.3 Å². The molecule has 2 aliphatic rings. The Hall–Kier alpha value is -7.20. The third-order valence-electron chi connectivity index (χ3n) is 15.9. The minimum Gasteiger partial charge on any atom is -0.509 e. The van der Waals surface area contributed by atoms with E-state index in [2.05, 4.69) is 138 Å². The van der Waals surface area contributed by atoms with Crippen LogP contribution in [0.1, 0.15) is 153 Å². The van der Waals surface area contributed by atoms with Gasteiger partial charge < -0.3 is 19.9 Å². The Morgan fingerprint density at radius 1 is 0.605 bits per heavy atom. The molecule has 5 nitrogen and oxygen atoms in total. The molecule has 1 aliphatic carbocycles. The molecule has 1 N–H and O–H groups in total. The average Bonchev–Trinajstić information content (AvgIpc) is 1.73. The number of hydrogen-bond donors (Lipinski definition) is 1. The van der Waals surface area contributed by atoms with E-state index in [0.29, 0.717) is 33.8 Å². The van der Waals surface area contributed by atoms with Gasteiger partial charge in [0.1, 0.15) is 5.82 Å². The number of aromatic nitrogens is 1. The first kappa shape index (κ1) is 43.5. The number of ether oxygens (including phenoxy) is 1. The monoisotopic (exact) mass is 1260 g/mol. The van der Waals surface area contributed by atoms with Crippen LogP contribution in [-0.2, 0) is 48.1 Å². The maximum absolute atomic E-state index is 9.30.